The van der Waals surface area contributed by atoms with E-state index in [-0.39, 0.29) is 41.6 Å². The van der Waals surface area contributed by atoms with Crippen LogP contribution in [0.5, 0.6) is 11.5 Å². The number of methoxy groups -OCH3 is 1. The minimum atomic E-state index is -4.65. The van der Waals surface area contributed by atoms with Gasteiger partial charge in [-0.3, -0.25) is 4.79 Å². The summed E-state index contributed by atoms with van der Waals surface area (Å²) in [6, 6.07) is 11.2. The third-order valence-corrected chi connectivity index (χ3v) is 5.40. The van der Waals surface area contributed by atoms with Crippen molar-refractivity contribution >= 4 is 17.5 Å². The Bertz CT molecular complexity index is 1130. The third kappa shape index (κ3) is 4.44. The summed E-state index contributed by atoms with van der Waals surface area (Å²) in [5.74, 6) is -1.26. The van der Waals surface area contributed by atoms with Crippen molar-refractivity contribution < 1.29 is 27.4 Å². The Balaban J connectivity index is 1.91. The van der Waals surface area contributed by atoms with E-state index >= 15 is 0 Å². The molecule has 1 fully saturated rings. The Morgan fingerprint density at radius 2 is 1.84 bits per heavy atom. The van der Waals surface area contributed by atoms with E-state index in [1.807, 2.05) is 6.07 Å². The van der Waals surface area contributed by atoms with Crippen molar-refractivity contribution in [1.29, 1.82) is 10.5 Å². The first-order valence-electron chi connectivity index (χ1n) is 9.44. The van der Waals surface area contributed by atoms with Crippen LogP contribution < -0.4 is 9.47 Å². The van der Waals surface area contributed by atoms with Gasteiger partial charge in [0.2, 0.25) is 0 Å². The molecule has 10 heteroatoms. The number of likely N-dealkylation sites (tertiary alicyclic amines) is 1. The van der Waals surface area contributed by atoms with Crippen molar-refractivity contribution in [3.8, 4) is 23.6 Å². The molecule has 3 rings (SSSR count). The molecule has 1 aliphatic heterocycles. The maximum atomic E-state index is 13.2. The van der Waals surface area contributed by atoms with Crippen LogP contribution in [0.25, 0.3) is 0 Å². The molecule has 2 aromatic rings. The summed E-state index contributed by atoms with van der Waals surface area (Å²) in [6.07, 6.45) is -6.82. The zero-order valence-corrected chi connectivity index (χ0v) is 17.8. The van der Waals surface area contributed by atoms with Crippen LogP contribution in [0.15, 0.2) is 30.3 Å². The Hall–Kier alpha value is -3.43. The summed E-state index contributed by atoms with van der Waals surface area (Å²) >= 11 is 5.92. The average Bonchev–Trinajstić information content (AvgIpc) is 2.72. The fourth-order valence-corrected chi connectivity index (χ4v) is 3.58. The van der Waals surface area contributed by atoms with E-state index in [0.29, 0.717) is 10.6 Å². The number of hydrogen-bond acceptors (Lipinski definition) is 5. The lowest BCUT2D eigenvalue weighted by Crippen LogP contribution is -2.49. The maximum absolute atomic E-state index is 13.2. The van der Waals surface area contributed by atoms with E-state index in [1.54, 1.807) is 12.1 Å². The number of nitrogens with zero attached hydrogens (tertiary/aromatic N) is 3. The predicted molar refractivity (Wildman–Crippen MR) is 109 cm³/mol. The van der Waals surface area contributed by atoms with E-state index < -0.39 is 18.2 Å². The molecule has 1 heterocycles. The zero-order chi connectivity index (χ0) is 23.6. The van der Waals surface area contributed by atoms with Crippen molar-refractivity contribution in [2.75, 3.05) is 20.2 Å². The van der Waals surface area contributed by atoms with Gasteiger partial charge in [-0.1, -0.05) is 17.7 Å². The molecule has 0 saturated carbocycles. The normalized spacial score (nSPS) is 14.7. The molecular formula is C22H17ClF3N3O3. The number of carbonyl (C=O) groups excluding carboxylic acids is 1. The van der Waals surface area contributed by atoms with Gasteiger partial charge in [-0.25, -0.2) is 0 Å². The number of hydrogen-bond donors (Lipinski definition) is 0. The Morgan fingerprint density at radius 1 is 1.19 bits per heavy atom. The van der Waals surface area contributed by atoms with E-state index in [9.17, 15) is 28.5 Å². The molecule has 0 unspecified atom stereocenters. The minimum absolute atomic E-state index is 0.00981. The van der Waals surface area contributed by atoms with Gasteiger partial charge in [0.15, 0.2) is 11.9 Å². The molecule has 2 aromatic carbocycles. The van der Waals surface area contributed by atoms with Crippen molar-refractivity contribution in [3.63, 3.8) is 0 Å². The maximum Gasteiger partial charge on any atom is 0.425 e. The monoisotopic (exact) mass is 463 g/mol. The van der Waals surface area contributed by atoms with Crippen LogP contribution >= 0.6 is 11.6 Å². The molecule has 1 aliphatic rings. The quantitative estimate of drug-likeness (QED) is 0.643. The van der Waals surface area contributed by atoms with Gasteiger partial charge in [-0.05, 0) is 36.8 Å². The molecule has 1 saturated heterocycles. The average molecular weight is 464 g/mol. The lowest BCUT2D eigenvalue weighted by molar-refractivity contribution is -0.189. The van der Waals surface area contributed by atoms with E-state index in [1.165, 1.54) is 24.1 Å². The highest BCUT2D eigenvalue weighted by Gasteiger charge is 2.41. The number of amides is 1. The molecule has 0 aromatic heterocycles. The first kappa shape index (κ1) is 23.2. The summed E-state index contributed by atoms with van der Waals surface area (Å²) in [5.41, 5.74) is 0.852. The first-order chi connectivity index (χ1) is 15.1. The van der Waals surface area contributed by atoms with Gasteiger partial charge < -0.3 is 14.4 Å². The zero-order valence-electron chi connectivity index (χ0n) is 17.0. The van der Waals surface area contributed by atoms with Gasteiger partial charge in [-0.2, -0.15) is 23.7 Å². The Kier molecular flexibility index (Phi) is 6.52. The van der Waals surface area contributed by atoms with Crippen molar-refractivity contribution in [1.82, 2.24) is 4.90 Å². The Labute approximate surface area is 187 Å². The van der Waals surface area contributed by atoms with Crippen molar-refractivity contribution in [2.45, 2.75) is 25.1 Å². The first-order valence-corrected chi connectivity index (χ1v) is 9.81. The molecule has 0 spiro atoms. The fourth-order valence-electron chi connectivity index (χ4n) is 3.40. The van der Waals surface area contributed by atoms with Crippen LogP contribution in [0.4, 0.5) is 13.2 Å². The molecular weight excluding hydrogens is 447 g/mol. The molecule has 6 nitrogen and oxygen atoms in total. The lowest BCUT2D eigenvalue weighted by Gasteiger charge is -2.40. The highest BCUT2D eigenvalue weighted by molar-refractivity contribution is 6.30. The second-order valence-electron chi connectivity index (χ2n) is 7.18. The number of halogens is 4. The largest absolute Gasteiger partial charge is 0.494 e. The number of ether oxygens (including phenoxy) is 2. The van der Waals surface area contributed by atoms with Crippen LogP contribution in [0.3, 0.4) is 0 Å². The van der Waals surface area contributed by atoms with Gasteiger partial charge in [0.25, 0.3) is 5.91 Å². The Morgan fingerprint density at radius 3 is 2.41 bits per heavy atom. The number of nitriles is 2. The predicted octanol–water partition coefficient (Wildman–Crippen LogP) is 4.66. The summed E-state index contributed by atoms with van der Waals surface area (Å²) in [5, 5.41) is 19.1. The number of carbonyl (C=O) groups is 1. The van der Waals surface area contributed by atoms with Gasteiger partial charge in [0, 0.05) is 24.0 Å². The number of alkyl halides is 3. The van der Waals surface area contributed by atoms with Gasteiger partial charge in [-0.15, -0.1) is 0 Å². The number of rotatable bonds is 5. The molecule has 0 N–H and O–H groups in total. The minimum Gasteiger partial charge on any atom is -0.494 e. The highest BCUT2D eigenvalue weighted by atomic mass is 35.5. The second-order valence-corrected chi connectivity index (χ2v) is 7.62. The second kappa shape index (κ2) is 8.97. The van der Waals surface area contributed by atoms with Gasteiger partial charge in [0.1, 0.15) is 17.4 Å². The molecule has 1 amide bonds. The van der Waals surface area contributed by atoms with E-state index in [2.05, 4.69) is 6.07 Å². The molecule has 1 atom stereocenters. The van der Waals surface area contributed by atoms with Gasteiger partial charge >= 0.3 is 6.18 Å². The smallest absolute Gasteiger partial charge is 0.425 e. The summed E-state index contributed by atoms with van der Waals surface area (Å²) in [4.78, 5) is 14.6. The fraction of sp³-hybridized carbons (Fsp3) is 0.318. The molecule has 0 bridgehead atoms. The van der Waals surface area contributed by atoms with Crippen LogP contribution in [-0.4, -0.2) is 43.3 Å². The standard InChI is InChI=1S/C22H17ClF3N3O3/c1-12(22(24,25)26)32-18-6-3-13(8-27)20(31-2)19(18)21(30)29-10-15(11-29)17-5-4-16(23)7-14(17)9-28/h3-7,12,15H,10-11H2,1-2H3/t12-/m0/s1. The summed E-state index contributed by atoms with van der Waals surface area (Å²) < 4.78 is 49.3. The molecule has 32 heavy (non-hydrogen) atoms. The van der Waals surface area contributed by atoms with Crippen LogP contribution in [0, 0.1) is 22.7 Å². The van der Waals surface area contributed by atoms with Crippen molar-refractivity contribution in [3.05, 3.63) is 57.6 Å². The third-order valence-electron chi connectivity index (χ3n) is 5.17. The summed E-state index contributed by atoms with van der Waals surface area (Å²) in [7, 11) is 1.22. The van der Waals surface area contributed by atoms with Crippen LogP contribution in [-0.2, 0) is 0 Å². The molecule has 0 aliphatic carbocycles. The topological polar surface area (TPSA) is 86.3 Å². The molecule has 0 radical (unpaired) electrons. The van der Waals surface area contributed by atoms with Crippen LogP contribution in [0.1, 0.15) is 39.9 Å². The SMILES string of the molecule is COc1c(C#N)ccc(O[C@@H](C)C(F)(F)F)c1C(=O)N1CC(c2ccc(Cl)cc2C#N)C1. The van der Waals surface area contributed by atoms with E-state index in [4.69, 9.17) is 21.1 Å². The molecule has 166 valence electrons. The van der Waals surface area contributed by atoms with Crippen molar-refractivity contribution in [2.24, 2.45) is 0 Å². The highest BCUT2D eigenvalue weighted by Crippen LogP contribution is 2.38. The summed E-state index contributed by atoms with van der Waals surface area (Å²) in [6.45, 7) is 1.27. The van der Waals surface area contributed by atoms with Gasteiger partial charge in [0.05, 0.1) is 24.3 Å². The number of benzene rings is 2. The van der Waals surface area contributed by atoms with Crippen LogP contribution in [0.2, 0.25) is 5.02 Å². The van der Waals surface area contributed by atoms with E-state index in [0.717, 1.165) is 18.6 Å². The lowest BCUT2D eigenvalue weighted by atomic mass is 9.87.